The van der Waals surface area contributed by atoms with Crippen molar-refractivity contribution >= 4 is 22.8 Å². The molecule has 2 aromatic rings. The molecule has 7 heteroatoms. The highest BCUT2D eigenvalue weighted by Gasteiger charge is 2.31. The summed E-state index contributed by atoms with van der Waals surface area (Å²) in [6.07, 6.45) is 3.31. The van der Waals surface area contributed by atoms with E-state index in [1.807, 2.05) is 18.2 Å². The molecule has 1 aromatic heterocycles. The lowest BCUT2D eigenvalue weighted by atomic mass is 10.0. The summed E-state index contributed by atoms with van der Waals surface area (Å²) in [6.45, 7) is 0.645. The number of imidazole rings is 1. The lowest BCUT2D eigenvalue weighted by Gasteiger charge is -2.21. The van der Waals surface area contributed by atoms with Gasteiger partial charge in [0.2, 0.25) is 11.8 Å². The van der Waals surface area contributed by atoms with E-state index in [0.717, 1.165) is 35.9 Å². The maximum absolute atomic E-state index is 12.7. The number of fused-ring (bicyclic) bond motifs is 1. The van der Waals surface area contributed by atoms with Crippen LogP contribution in [0.3, 0.4) is 0 Å². The number of hydrogen-bond donors (Lipinski definition) is 2. The Balaban J connectivity index is 2.08. The van der Waals surface area contributed by atoms with Crippen molar-refractivity contribution in [3.63, 3.8) is 0 Å². The van der Waals surface area contributed by atoms with E-state index in [1.54, 1.807) is 11.6 Å². The minimum atomic E-state index is -0.641. The second-order valence-electron chi connectivity index (χ2n) is 6.21. The Labute approximate surface area is 139 Å². The zero-order valence-corrected chi connectivity index (χ0v) is 13.7. The standard InChI is InChI=1S/C17H22N4O3/c1-20-15-11(5-2-3-10-18)6-4-7-12(15)21(17(20)24)13-8-9-14(22)19-16(13)23/h4,6-7,13H,2-3,5,8-10,18H2,1H3,(H,19,22,23). The number of hydrogen-bond acceptors (Lipinski definition) is 4. The van der Waals surface area contributed by atoms with Crippen molar-refractivity contribution in [1.82, 2.24) is 14.5 Å². The molecule has 0 radical (unpaired) electrons. The number of para-hydroxylation sites is 1. The number of nitrogens with two attached hydrogens (primary N) is 1. The first kappa shape index (κ1) is 16.4. The number of nitrogens with one attached hydrogen (secondary N) is 1. The van der Waals surface area contributed by atoms with E-state index in [2.05, 4.69) is 5.32 Å². The SMILES string of the molecule is Cn1c(=O)n(C2CCC(=O)NC2=O)c2cccc(CCCCN)c21. The van der Waals surface area contributed by atoms with Crippen LogP contribution in [0.4, 0.5) is 0 Å². The van der Waals surface area contributed by atoms with Crippen LogP contribution in [0, 0.1) is 0 Å². The normalized spacial score (nSPS) is 18.2. The third-order valence-electron chi connectivity index (χ3n) is 4.61. The summed E-state index contributed by atoms with van der Waals surface area (Å²) in [5, 5.41) is 2.32. The van der Waals surface area contributed by atoms with Crippen LogP contribution in [0.2, 0.25) is 0 Å². The van der Waals surface area contributed by atoms with E-state index in [1.165, 1.54) is 4.57 Å². The predicted molar refractivity (Wildman–Crippen MR) is 90.6 cm³/mol. The van der Waals surface area contributed by atoms with Crippen molar-refractivity contribution in [2.75, 3.05) is 6.54 Å². The van der Waals surface area contributed by atoms with Crippen LogP contribution in [-0.4, -0.2) is 27.5 Å². The van der Waals surface area contributed by atoms with Gasteiger partial charge < -0.3 is 5.73 Å². The number of amides is 2. The quantitative estimate of drug-likeness (QED) is 0.619. The van der Waals surface area contributed by atoms with E-state index in [4.69, 9.17) is 5.73 Å². The Morgan fingerprint density at radius 1 is 1.25 bits per heavy atom. The van der Waals surface area contributed by atoms with Crippen molar-refractivity contribution in [3.8, 4) is 0 Å². The molecule has 0 saturated carbocycles. The molecule has 24 heavy (non-hydrogen) atoms. The van der Waals surface area contributed by atoms with Crippen LogP contribution < -0.4 is 16.7 Å². The van der Waals surface area contributed by atoms with Crippen LogP contribution in [0.5, 0.6) is 0 Å². The van der Waals surface area contributed by atoms with E-state index < -0.39 is 11.9 Å². The average Bonchev–Trinajstić information content (AvgIpc) is 2.81. The first-order valence-corrected chi connectivity index (χ1v) is 8.27. The molecule has 1 aliphatic rings. The van der Waals surface area contributed by atoms with Gasteiger partial charge in [0.05, 0.1) is 11.0 Å². The molecular formula is C17H22N4O3. The Morgan fingerprint density at radius 3 is 2.75 bits per heavy atom. The van der Waals surface area contributed by atoms with Crippen molar-refractivity contribution < 1.29 is 9.59 Å². The van der Waals surface area contributed by atoms with Gasteiger partial charge >= 0.3 is 5.69 Å². The van der Waals surface area contributed by atoms with Crippen molar-refractivity contribution in [3.05, 3.63) is 34.2 Å². The third kappa shape index (κ3) is 2.75. The lowest BCUT2D eigenvalue weighted by molar-refractivity contribution is -0.135. The second-order valence-corrected chi connectivity index (χ2v) is 6.21. The van der Waals surface area contributed by atoms with Gasteiger partial charge in [-0.1, -0.05) is 12.1 Å². The fourth-order valence-electron chi connectivity index (χ4n) is 3.41. The number of piperidine rings is 1. The summed E-state index contributed by atoms with van der Waals surface area (Å²) in [4.78, 5) is 36.3. The van der Waals surface area contributed by atoms with Crippen molar-refractivity contribution in [1.29, 1.82) is 0 Å². The largest absolute Gasteiger partial charge is 0.330 e. The summed E-state index contributed by atoms with van der Waals surface area (Å²) in [6, 6.07) is 5.13. The van der Waals surface area contributed by atoms with Crippen LogP contribution in [0.25, 0.3) is 11.0 Å². The number of carbonyl (C=O) groups excluding carboxylic acids is 2. The van der Waals surface area contributed by atoms with E-state index in [9.17, 15) is 14.4 Å². The summed E-state index contributed by atoms with van der Waals surface area (Å²) >= 11 is 0. The van der Waals surface area contributed by atoms with Gasteiger partial charge in [-0.3, -0.25) is 24.0 Å². The number of nitrogens with zero attached hydrogens (tertiary/aromatic N) is 2. The molecule has 1 aliphatic heterocycles. The van der Waals surface area contributed by atoms with Crippen LogP contribution in [0.15, 0.2) is 23.0 Å². The molecule has 3 N–H and O–H groups in total. The Kier molecular flexibility index (Phi) is 4.53. The molecule has 1 fully saturated rings. The molecule has 2 heterocycles. The molecule has 7 nitrogen and oxygen atoms in total. The van der Waals surface area contributed by atoms with Gasteiger partial charge in [-0.15, -0.1) is 0 Å². The maximum Gasteiger partial charge on any atom is 0.329 e. The minimum Gasteiger partial charge on any atom is -0.330 e. The molecule has 128 valence electrons. The first-order chi connectivity index (χ1) is 11.5. The van der Waals surface area contributed by atoms with E-state index in [-0.39, 0.29) is 18.0 Å². The predicted octanol–water partition coefficient (Wildman–Crippen LogP) is 0.599. The maximum atomic E-state index is 12.7. The fraction of sp³-hybridized carbons (Fsp3) is 0.471. The molecule has 1 unspecified atom stereocenters. The number of aromatic nitrogens is 2. The van der Waals surface area contributed by atoms with Crippen LogP contribution in [0.1, 0.15) is 37.3 Å². The number of imide groups is 1. The fourth-order valence-corrected chi connectivity index (χ4v) is 3.41. The molecule has 1 atom stereocenters. The molecule has 0 bridgehead atoms. The van der Waals surface area contributed by atoms with Gasteiger partial charge in [-0.05, 0) is 43.9 Å². The van der Waals surface area contributed by atoms with E-state index >= 15 is 0 Å². The third-order valence-corrected chi connectivity index (χ3v) is 4.61. The molecule has 0 aliphatic carbocycles. The average molecular weight is 330 g/mol. The molecule has 1 saturated heterocycles. The Morgan fingerprint density at radius 2 is 2.04 bits per heavy atom. The zero-order chi connectivity index (χ0) is 17.3. The monoisotopic (exact) mass is 330 g/mol. The zero-order valence-electron chi connectivity index (χ0n) is 13.7. The minimum absolute atomic E-state index is 0.231. The highest BCUT2D eigenvalue weighted by atomic mass is 16.2. The molecule has 2 amide bonds. The van der Waals surface area contributed by atoms with Gasteiger partial charge in [-0.2, -0.15) is 0 Å². The highest BCUT2D eigenvalue weighted by molar-refractivity contribution is 6.00. The number of unbranched alkanes of at least 4 members (excludes halogenated alkanes) is 1. The molecule has 3 rings (SSSR count). The van der Waals surface area contributed by atoms with Gasteiger partial charge in [0.25, 0.3) is 0 Å². The van der Waals surface area contributed by atoms with Crippen LogP contribution >= 0.6 is 0 Å². The summed E-state index contributed by atoms with van der Waals surface area (Å²) in [5.41, 5.74) is 7.99. The summed E-state index contributed by atoms with van der Waals surface area (Å²) in [7, 11) is 1.72. The van der Waals surface area contributed by atoms with Gasteiger partial charge in [0, 0.05) is 13.5 Å². The Hall–Kier alpha value is -2.41. The van der Waals surface area contributed by atoms with Crippen molar-refractivity contribution in [2.45, 2.75) is 38.1 Å². The molecule has 1 aromatic carbocycles. The van der Waals surface area contributed by atoms with Gasteiger partial charge in [-0.25, -0.2) is 4.79 Å². The Bertz CT molecular complexity index is 849. The van der Waals surface area contributed by atoms with Gasteiger partial charge in [0.1, 0.15) is 6.04 Å². The number of carbonyl (C=O) groups is 2. The number of aryl methyl sites for hydroxylation is 2. The van der Waals surface area contributed by atoms with Crippen LogP contribution in [-0.2, 0) is 23.1 Å². The van der Waals surface area contributed by atoms with E-state index in [0.29, 0.717) is 13.0 Å². The summed E-state index contributed by atoms with van der Waals surface area (Å²) in [5.74, 6) is -0.693. The summed E-state index contributed by atoms with van der Waals surface area (Å²) < 4.78 is 3.11. The first-order valence-electron chi connectivity index (χ1n) is 8.27. The smallest absolute Gasteiger partial charge is 0.329 e. The van der Waals surface area contributed by atoms with Crippen molar-refractivity contribution in [2.24, 2.45) is 12.8 Å². The highest BCUT2D eigenvalue weighted by Crippen LogP contribution is 2.25. The second kappa shape index (κ2) is 6.60. The topological polar surface area (TPSA) is 99.1 Å². The number of benzene rings is 1. The number of rotatable bonds is 5. The van der Waals surface area contributed by atoms with Gasteiger partial charge in [0.15, 0.2) is 0 Å². The molecular weight excluding hydrogens is 308 g/mol. The lowest BCUT2D eigenvalue weighted by Crippen LogP contribution is -2.44. The molecule has 0 spiro atoms.